The Bertz CT molecular complexity index is 1080. The van der Waals surface area contributed by atoms with Crippen molar-refractivity contribution in [3.63, 3.8) is 0 Å². The normalized spacial score (nSPS) is 16.9. The fourth-order valence-electron chi connectivity index (χ4n) is 4.91. The van der Waals surface area contributed by atoms with Crippen molar-refractivity contribution in [1.82, 2.24) is 0 Å². The fourth-order valence-corrected chi connectivity index (χ4v) is 4.91. The minimum Gasteiger partial charge on any atom is -0.493 e. The van der Waals surface area contributed by atoms with Crippen LogP contribution in [-0.4, -0.2) is 36.9 Å². The van der Waals surface area contributed by atoms with E-state index >= 15 is 0 Å². The van der Waals surface area contributed by atoms with Gasteiger partial charge in [0, 0.05) is 12.5 Å². The van der Waals surface area contributed by atoms with Gasteiger partial charge >= 0.3 is 11.9 Å². The molecule has 0 spiro atoms. The number of benzene rings is 2. The molecule has 0 aromatic heterocycles. The van der Waals surface area contributed by atoms with Gasteiger partial charge in [-0.2, -0.15) is 0 Å². The van der Waals surface area contributed by atoms with E-state index in [1.54, 1.807) is 6.07 Å². The number of aliphatic hydroxyl groups is 1. The first-order chi connectivity index (χ1) is 18.4. The maximum atomic E-state index is 12.2. The molecule has 6 nitrogen and oxygen atoms in total. The zero-order valence-corrected chi connectivity index (χ0v) is 22.5. The molecule has 0 saturated heterocycles. The van der Waals surface area contributed by atoms with E-state index in [-0.39, 0.29) is 12.2 Å². The summed E-state index contributed by atoms with van der Waals surface area (Å²) in [6, 6.07) is 13.7. The molecule has 0 radical (unpaired) electrons. The van der Waals surface area contributed by atoms with Crippen LogP contribution >= 0.6 is 0 Å². The number of hydrogen-bond donors (Lipinski definition) is 1. The lowest BCUT2D eigenvalue weighted by molar-refractivity contribution is -0.138. The Morgan fingerprint density at radius 2 is 1.71 bits per heavy atom. The predicted octanol–water partition coefficient (Wildman–Crippen LogP) is 6.77. The molecule has 0 bridgehead atoms. The molecule has 2 aromatic rings. The van der Waals surface area contributed by atoms with E-state index in [0.717, 1.165) is 41.7 Å². The maximum absolute atomic E-state index is 12.2. The largest absolute Gasteiger partial charge is 0.493 e. The first-order valence-electron chi connectivity index (χ1n) is 13.6. The molecular formula is C32H40O6. The zero-order valence-electron chi connectivity index (χ0n) is 22.5. The summed E-state index contributed by atoms with van der Waals surface area (Å²) in [6.07, 6.45) is 10.2. The number of rotatable bonds is 14. The third kappa shape index (κ3) is 8.59. The van der Waals surface area contributed by atoms with Gasteiger partial charge in [0.1, 0.15) is 11.5 Å². The second-order valence-electron chi connectivity index (χ2n) is 9.86. The summed E-state index contributed by atoms with van der Waals surface area (Å²) >= 11 is 0. The number of esters is 2. The Morgan fingerprint density at radius 1 is 1.00 bits per heavy atom. The van der Waals surface area contributed by atoms with Crippen LogP contribution in [0.5, 0.6) is 11.5 Å². The summed E-state index contributed by atoms with van der Waals surface area (Å²) in [4.78, 5) is 23.3. The number of aliphatic hydroxyl groups excluding tert-OH is 1. The molecule has 0 atom stereocenters. The summed E-state index contributed by atoms with van der Waals surface area (Å²) in [6.45, 7) is 9.49. The van der Waals surface area contributed by atoms with Gasteiger partial charge in [-0.1, -0.05) is 57.5 Å². The number of carbonyl (C=O) groups is 2. The van der Waals surface area contributed by atoms with Gasteiger partial charge in [-0.25, -0.2) is 9.59 Å². The van der Waals surface area contributed by atoms with Crippen molar-refractivity contribution in [3.05, 3.63) is 72.8 Å². The molecular weight excluding hydrogens is 480 g/mol. The van der Waals surface area contributed by atoms with Crippen molar-refractivity contribution in [1.29, 1.82) is 0 Å². The Kier molecular flexibility index (Phi) is 11.6. The molecule has 1 fully saturated rings. The molecule has 0 heterocycles. The van der Waals surface area contributed by atoms with Crippen molar-refractivity contribution in [2.24, 2.45) is 5.92 Å². The fraction of sp³-hybridized carbons (Fsp3) is 0.438. The van der Waals surface area contributed by atoms with E-state index < -0.39 is 18.5 Å². The number of hydrogen-bond acceptors (Lipinski definition) is 6. The lowest BCUT2D eigenvalue weighted by Crippen LogP contribution is -2.15. The summed E-state index contributed by atoms with van der Waals surface area (Å²) in [5.74, 6) is 1.34. The minimum atomic E-state index is -0.616. The van der Waals surface area contributed by atoms with Crippen LogP contribution in [0.1, 0.15) is 69.8 Å². The van der Waals surface area contributed by atoms with Crippen LogP contribution in [0.2, 0.25) is 0 Å². The standard InChI is InChI=1S/C32H40O6/c1-4-6-8-24-9-11-26(12-10-24)30-21-28(38-32(35)23(3)22-33)17-18-29(30)25-13-15-27(16-14-25)36-19-7-20-37-31(34)5-2/h5,13-18,21,24,26,33H,2-4,6-12,19-20,22H2,1H3. The van der Waals surface area contributed by atoms with Crippen molar-refractivity contribution >= 4 is 11.9 Å². The highest BCUT2D eigenvalue weighted by atomic mass is 16.5. The van der Waals surface area contributed by atoms with Crippen LogP contribution in [0.25, 0.3) is 11.1 Å². The van der Waals surface area contributed by atoms with Gasteiger partial charge in [-0.3, -0.25) is 0 Å². The molecule has 3 rings (SSSR count). The monoisotopic (exact) mass is 520 g/mol. The van der Waals surface area contributed by atoms with E-state index in [1.807, 2.05) is 36.4 Å². The van der Waals surface area contributed by atoms with Gasteiger partial charge in [0.15, 0.2) is 0 Å². The average molecular weight is 521 g/mol. The van der Waals surface area contributed by atoms with Crippen LogP contribution in [-0.2, 0) is 14.3 Å². The molecule has 1 aliphatic rings. The van der Waals surface area contributed by atoms with Gasteiger partial charge < -0.3 is 19.3 Å². The summed E-state index contributed by atoms with van der Waals surface area (Å²) in [5, 5.41) is 9.22. The SMILES string of the molecule is C=CC(=O)OCCCOc1ccc(-c2ccc(OC(=O)C(=C)CO)cc2C2CCC(CCCC)CC2)cc1. The van der Waals surface area contributed by atoms with Gasteiger partial charge in [-0.05, 0) is 78.5 Å². The molecule has 1 aliphatic carbocycles. The predicted molar refractivity (Wildman–Crippen MR) is 149 cm³/mol. The van der Waals surface area contributed by atoms with Crippen LogP contribution in [0, 0.1) is 5.92 Å². The van der Waals surface area contributed by atoms with E-state index in [2.05, 4.69) is 20.1 Å². The van der Waals surface area contributed by atoms with Crippen LogP contribution in [0.15, 0.2) is 67.3 Å². The first kappa shape index (κ1) is 29.2. The average Bonchev–Trinajstić information content (AvgIpc) is 2.95. The van der Waals surface area contributed by atoms with Crippen molar-refractivity contribution in [2.75, 3.05) is 19.8 Å². The number of carbonyl (C=O) groups excluding carboxylic acids is 2. The third-order valence-electron chi connectivity index (χ3n) is 7.10. The molecule has 6 heteroatoms. The Hall–Kier alpha value is -3.38. The first-order valence-corrected chi connectivity index (χ1v) is 13.6. The van der Waals surface area contributed by atoms with Gasteiger partial charge in [0.2, 0.25) is 0 Å². The van der Waals surface area contributed by atoms with Crippen molar-refractivity contribution in [2.45, 2.75) is 64.2 Å². The zero-order chi connectivity index (χ0) is 27.3. The quantitative estimate of drug-likeness (QED) is 0.128. The van der Waals surface area contributed by atoms with Crippen LogP contribution < -0.4 is 9.47 Å². The summed E-state index contributed by atoms with van der Waals surface area (Å²) in [7, 11) is 0. The molecule has 0 unspecified atom stereocenters. The molecule has 0 amide bonds. The summed E-state index contributed by atoms with van der Waals surface area (Å²) < 4.78 is 16.3. The van der Waals surface area contributed by atoms with Crippen molar-refractivity contribution in [3.8, 4) is 22.6 Å². The molecule has 2 aromatic carbocycles. The molecule has 1 N–H and O–H groups in total. The van der Waals surface area contributed by atoms with E-state index in [1.165, 1.54) is 37.7 Å². The molecule has 38 heavy (non-hydrogen) atoms. The van der Waals surface area contributed by atoms with E-state index in [9.17, 15) is 14.7 Å². The Balaban J connectivity index is 1.73. The molecule has 204 valence electrons. The van der Waals surface area contributed by atoms with E-state index in [4.69, 9.17) is 14.2 Å². The summed E-state index contributed by atoms with van der Waals surface area (Å²) in [5.41, 5.74) is 3.39. The van der Waals surface area contributed by atoms with Crippen LogP contribution in [0.3, 0.4) is 0 Å². The molecule has 1 saturated carbocycles. The maximum Gasteiger partial charge on any atom is 0.341 e. The Morgan fingerprint density at radius 3 is 2.37 bits per heavy atom. The van der Waals surface area contributed by atoms with Gasteiger partial charge in [0.05, 0.1) is 25.4 Å². The van der Waals surface area contributed by atoms with Gasteiger partial charge in [0.25, 0.3) is 0 Å². The number of ether oxygens (including phenoxy) is 3. The highest BCUT2D eigenvalue weighted by Crippen LogP contribution is 2.42. The Labute approximate surface area is 226 Å². The van der Waals surface area contributed by atoms with E-state index in [0.29, 0.717) is 24.7 Å². The topological polar surface area (TPSA) is 82.1 Å². The lowest BCUT2D eigenvalue weighted by atomic mass is 9.75. The third-order valence-corrected chi connectivity index (χ3v) is 7.10. The highest BCUT2D eigenvalue weighted by Gasteiger charge is 2.25. The van der Waals surface area contributed by atoms with Crippen LogP contribution in [0.4, 0.5) is 0 Å². The lowest BCUT2D eigenvalue weighted by Gasteiger charge is -2.30. The van der Waals surface area contributed by atoms with Gasteiger partial charge in [-0.15, -0.1) is 0 Å². The second kappa shape index (κ2) is 15.1. The van der Waals surface area contributed by atoms with Crippen molar-refractivity contribution < 1.29 is 28.9 Å². The minimum absolute atomic E-state index is 0.0292. The second-order valence-corrected chi connectivity index (χ2v) is 9.86. The molecule has 0 aliphatic heterocycles. The highest BCUT2D eigenvalue weighted by molar-refractivity contribution is 5.89. The number of unbranched alkanes of at least 4 members (excludes halogenated alkanes) is 1. The smallest absolute Gasteiger partial charge is 0.341 e.